The average Bonchev–Trinajstić information content (AvgIpc) is 3.23. The van der Waals surface area contributed by atoms with Crippen molar-refractivity contribution in [1.82, 2.24) is 9.99 Å². The number of amidine groups is 1. The molecule has 2 unspecified atom stereocenters. The number of azide groups is 1. The number of benzene rings is 1. The maximum absolute atomic E-state index is 15.7. The second-order valence-electron chi connectivity index (χ2n) is 11.4. The number of aliphatic hydroxyl groups excluding tert-OH is 1. The van der Waals surface area contributed by atoms with Gasteiger partial charge in [-0.2, -0.15) is 5.09 Å². The van der Waals surface area contributed by atoms with E-state index in [1.165, 1.54) is 30.2 Å². The van der Waals surface area contributed by atoms with Gasteiger partial charge in [0.15, 0.2) is 12.4 Å². The van der Waals surface area contributed by atoms with E-state index in [2.05, 4.69) is 26.7 Å². The molecule has 1 saturated heterocycles. The van der Waals surface area contributed by atoms with Gasteiger partial charge < -0.3 is 34.5 Å². The molecule has 4 N–H and O–H groups in total. The maximum atomic E-state index is 15.7. The lowest BCUT2D eigenvalue weighted by Crippen LogP contribution is -2.49. The van der Waals surface area contributed by atoms with Crippen LogP contribution < -0.4 is 15.3 Å². The van der Waals surface area contributed by atoms with Crippen LogP contribution in [-0.2, 0) is 39.3 Å². The van der Waals surface area contributed by atoms with E-state index < -0.39 is 69.1 Å². The van der Waals surface area contributed by atoms with Gasteiger partial charge in [0.2, 0.25) is 0 Å². The van der Waals surface area contributed by atoms with Gasteiger partial charge in [-0.25, -0.2) is 13.9 Å². The van der Waals surface area contributed by atoms with Crippen LogP contribution in [0.15, 0.2) is 59.0 Å². The molecule has 1 fully saturated rings. The third-order valence-corrected chi connectivity index (χ3v) is 8.41. The number of aryl methyl sites for hydroxylation is 1. The van der Waals surface area contributed by atoms with Crippen LogP contribution in [-0.4, -0.2) is 83.3 Å². The fourth-order valence-electron chi connectivity index (χ4n) is 4.59. The summed E-state index contributed by atoms with van der Waals surface area (Å²) < 4.78 is 58.0. The normalized spacial score (nSPS) is 24.4. The number of esters is 2. The number of carbonyl (C=O) groups is 2. The van der Waals surface area contributed by atoms with E-state index in [1.807, 2.05) is 0 Å². The standard InChI is InChI=1S/C29H41FN7O9P/c1-17(2)43-24(38)12-11-21-9-7-8-10-22(21)46-47(41,35-19(5)28(40)44-18(3)4)42-16-29(15-33-36-32)26(39)25(30)27(45-29)37-14-13-23(31)34-20(37)6/h7-10,13-14,17-19,25-27,39H,6,11-12,15-16H2,1-5H3,(H2,31,34)(H,35,41)/t19?,25-,26+,27-,29-,47?/m1/s1. The van der Waals surface area contributed by atoms with Gasteiger partial charge in [0, 0.05) is 17.5 Å². The van der Waals surface area contributed by atoms with E-state index in [0.29, 0.717) is 5.56 Å². The molecule has 1 aromatic rings. The first-order valence-electron chi connectivity index (χ1n) is 14.8. The smallest absolute Gasteiger partial charge is 0.459 e. The lowest BCUT2D eigenvalue weighted by Gasteiger charge is -2.34. The number of alkyl halides is 1. The summed E-state index contributed by atoms with van der Waals surface area (Å²) in [5, 5.41) is 17.1. The summed E-state index contributed by atoms with van der Waals surface area (Å²) in [7, 11) is -4.64. The Morgan fingerprint density at radius 1 is 1.28 bits per heavy atom. The number of para-hydroxylation sites is 1. The second-order valence-corrected chi connectivity index (χ2v) is 13.1. The van der Waals surface area contributed by atoms with Crippen LogP contribution in [0.1, 0.15) is 46.6 Å². The number of aliphatic imine (C=N–C) groups is 1. The Morgan fingerprint density at radius 2 is 1.96 bits per heavy atom. The van der Waals surface area contributed by atoms with Gasteiger partial charge in [-0.1, -0.05) is 29.9 Å². The molecule has 2 aliphatic rings. The summed E-state index contributed by atoms with van der Waals surface area (Å²) in [6.07, 6.45) is -3.59. The number of ether oxygens (including phenoxy) is 3. The van der Waals surface area contributed by atoms with Crippen molar-refractivity contribution >= 4 is 25.5 Å². The molecule has 0 amide bonds. The molecule has 1 aromatic carbocycles. The first kappa shape index (κ1) is 37.5. The van der Waals surface area contributed by atoms with E-state index in [1.54, 1.807) is 45.9 Å². The first-order valence-corrected chi connectivity index (χ1v) is 16.3. The number of nitrogens with zero attached hydrogens (tertiary/aromatic N) is 5. The molecule has 18 heteroatoms. The Morgan fingerprint density at radius 3 is 2.60 bits per heavy atom. The van der Waals surface area contributed by atoms with Gasteiger partial charge in [0.05, 0.1) is 25.4 Å². The van der Waals surface area contributed by atoms with E-state index in [9.17, 15) is 19.3 Å². The SMILES string of the molecule is C=C1N=C(N)C=CN1[C@@H]1O[C@](CN=[N+]=[N-])(COP(=O)(NC(C)C(=O)OC(C)C)Oc2ccccc2CCC(=O)OC(C)C)[C@@H](O)[C@H]1F. The zero-order chi connectivity index (χ0) is 34.9. The summed E-state index contributed by atoms with van der Waals surface area (Å²) in [5.74, 6) is -1.09. The average molecular weight is 682 g/mol. The van der Waals surface area contributed by atoms with E-state index in [0.717, 1.165) is 0 Å². The largest absolute Gasteiger partial charge is 0.463 e. The zero-order valence-electron chi connectivity index (χ0n) is 26.8. The summed E-state index contributed by atoms with van der Waals surface area (Å²) in [6.45, 7) is 10.3. The van der Waals surface area contributed by atoms with Crippen molar-refractivity contribution in [3.63, 3.8) is 0 Å². The molecule has 0 radical (unpaired) electrons. The van der Waals surface area contributed by atoms with Crippen molar-refractivity contribution in [3.8, 4) is 5.75 Å². The van der Waals surface area contributed by atoms with E-state index in [-0.39, 0.29) is 36.4 Å². The fraction of sp³-hybridized carbons (Fsp3) is 0.552. The Balaban J connectivity index is 1.93. The highest BCUT2D eigenvalue weighted by Gasteiger charge is 2.58. The van der Waals surface area contributed by atoms with Crippen LogP contribution in [0.4, 0.5) is 4.39 Å². The Hall–Kier alpha value is -3.98. The van der Waals surface area contributed by atoms with Crippen LogP contribution in [0.2, 0.25) is 0 Å². The summed E-state index contributed by atoms with van der Waals surface area (Å²) in [6, 6.07) is 5.13. The summed E-state index contributed by atoms with van der Waals surface area (Å²) >= 11 is 0. The maximum Gasteiger partial charge on any atom is 0.459 e. The van der Waals surface area contributed by atoms with Gasteiger partial charge in [-0.15, -0.1) is 0 Å². The van der Waals surface area contributed by atoms with Crippen LogP contribution in [0, 0.1) is 0 Å². The minimum absolute atomic E-state index is 0.00685. The van der Waals surface area contributed by atoms with Gasteiger partial charge in [-0.05, 0) is 64.3 Å². The number of carbonyl (C=O) groups excluding carboxylic acids is 2. The van der Waals surface area contributed by atoms with Crippen LogP contribution >= 0.6 is 7.75 Å². The zero-order valence-corrected chi connectivity index (χ0v) is 27.7. The summed E-state index contributed by atoms with van der Waals surface area (Å²) in [4.78, 5) is 32.7. The quantitative estimate of drug-likeness (QED) is 0.0746. The molecule has 2 heterocycles. The predicted octanol–water partition coefficient (Wildman–Crippen LogP) is 3.77. The van der Waals surface area contributed by atoms with Crippen molar-refractivity contribution in [2.45, 2.75) is 89.8 Å². The molecule has 0 aliphatic carbocycles. The van der Waals surface area contributed by atoms with E-state index in [4.69, 9.17) is 34.5 Å². The summed E-state index contributed by atoms with van der Waals surface area (Å²) in [5.41, 5.74) is 13.1. The molecule has 3 rings (SSSR count). The van der Waals surface area contributed by atoms with Crippen molar-refractivity contribution in [1.29, 1.82) is 0 Å². The lowest BCUT2D eigenvalue weighted by molar-refractivity contribution is -0.149. The Bertz CT molecular complexity index is 1470. The molecule has 0 saturated carbocycles. The molecule has 258 valence electrons. The number of hydrogen-bond acceptors (Lipinski definition) is 13. The molecule has 6 atom stereocenters. The highest BCUT2D eigenvalue weighted by Crippen LogP contribution is 2.48. The molecule has 47 heavy (non-hydrogen) atoms. The van der Waals surface area contributed by atoms with Gasteiger partial charge >= 0.3 is 19.7 Å². The minimum Gasteiger partial charge on any atom is -0.463 e. The van der Waals surface area contributed by atoms with Crippen molar-refractivity contribution in [2.75, 3.05) is 13.2 Å². The van der Waals surface area contributed by atoms with E-state index >= 15 is 4.39 Å². The molecular formula is C29H41FN7O9P. The fourth-order valence-corrected chi connectivity index (χ4v) is 6.18. The number of rotatable bonds is 16. The van der Waals surface area contributed by atoms with Gasteiger partial charge in [-0.3, -0.25) is 14.1 Å². The second kappa shape index (κ2) is 16.2. The van der Waals surface area contributed by atoms with Crippen molar-refractivity contribution in [3.05, 3.63) is 64.9 Å². The number of halogens is 1. The van der Waals surface area contributed by atoms with Crippen molar-refractivity contribution < 1.29 is 46.9 Å². The third-order valence-electron chi connectivity index (χ3n) is 6.80. The number of aliphatic hydroxyl groups is 1. The highest BCUT2D eigenvalue weighted by molar-refractivity contribution is 7.52. The van der Waals surface area contributed by atoms with Crippen LogP contribution in [0.5, 0.6) is 5.75 Å². The lowest BCUT2D eigenvalue weighted by atomic mass is 9.97. The molecule has 0 spiro atoms. The third kappa shape index (κ3) is 10.0. The van der Waals surface area contributed by atoms with Crippen molar-refractivity contribution in [2.24, 2.45) is 15.8 Å². The predicted molar refractivity (Wildman–Crippen MR) is 168 cm³/mol. The molecule has 0 aromatic heterocycles. The number of nitrogens with two attached hydrogens (primary N) is 1. The van der Waals surface area contributed by atoms with Gasteiger partial charge in [0.25, 0.3) is 0 Å². The Labute approximate surface area is 271 Å². The molecular weight excluding hydrogens is 640 g/mol. The monoisotopic (exact) mass is 681 g/mol. The minimum atomic E-state index is -4.64. The van der Waals surface area contributed by atoms with Crippen LogP contribution in [0.3, 0.4) is 0 Å². The molecule has 0 bridgehead atoms. The first-order chi connectivity index (χ1) is 22.1. The van der Waals surface area contributed by atoms with Gasteiger partial charge in [0.1, 0.15) is 35.2 Å². The molecule has 16 nitrogen and oxygen atoms in total. The Kier molecular flexibility index (Phi) is 12.9. The van der Waals surface area contributed by atoms with Crippen LogP contribution in [0.25, 0.3) is 10.4 Å². The number of nitrogens with one attached hydrogen (secondary N) is 1. The number of hydrogen-bond donors (Lipinski definition) is 3. The highest BCUT2D eigenvalue weighted by atomic mass is 31.2. The topological polar surface area (TPSA) is 220 Å². The molecule has 2 aliphatic heterocycles.